The van der Waals surface area contributed by atoms with Crippen LogP contribution in [0, 0.1) is 10.1 Å². The average Bonchev–Trinajstić information content (AvgIpc) is 3.07. The molecule has 0 spiro atoms. The normalized spacial score (nSPS) is 15.4. The third-order valence-electron chi connectivity index (χ3n) is 4.32. The average molecular weight is 339 g/mol. The Balaban J connectivity index is 1.67. The lowest BCUT2D eigenvalue weighted by molar-refractivity contribution is -0.383. The Bertz CT molecular complexity index is 883. The molecule has 2 heterocycles. The predicted molar refractivity (Wildman–Crippen MR) is 93.6 cm³/mol. The molecule has 128 valence electrons. The number of fused-ring (bicyclic) bond motifs is 1. The summed E-state index contributed by atoms with van der Waals surface area (Å²) >= 11 is 0. The minimum absolute atomic E-state index is 0.0197. The van der Waals surface area contributed by atoms with E-state index in [0.717, 1.165) is 18.4 Å². The molecular weight excluding hydrogens is 322 g/mol. The van der Waals surface area contributed by atoms with Crippen molar-refractivity contribution in [2.24, 2.45) is 0 Å². The topological polar surface area (TPSA) is 90.4 Å². The van der Waals surface area contributed by atoms with Gasteiger partial charge < -0.3 is 14.5 Å². The second kappa shape index (κ2) is 6.52. The summed E-state index contributed by atoms with van der Waals surface area (Å²) in [6.45, 7) is 1.35. The first-order valence-electron chi connectivity index (χ1n) is 8.19. The number of hydrogen-bond donors (Lipinski definition) is 1. The molecule has 1 N–H and O–H groups in total. The zero-order valence-corrected chi connectivity index (χ0v) is 13.5. The number of aromatic nitrogens is 1. The third-order valence-corrected chi connectivity index (χ3v) is 4.32. The SMILES string of the molecule is O=[N+]([O-])c1cc(-c2nc3ccccc3o2)ccc1NC1CCOCC1. The molecule has 0 aliphatic carbocycles. The second-order valence-corrected chi connectivity index (χ2v) is 6.01. The van der Waals surface area contributed by atoms with Crippen molar-refractivity contribution in [3.63, 3.8) is 0 Å². The number of nitrogens with one attached hydrogen (secondary N) is 1. The molecule has 1 aliphatic rings. The Labute approximate surface area is 143 Å². The highest BCUT2D eigenvalue weighted by Gasteiger charge is 2.21. The first-order chi connectivity index (χ1) is 12.2. The van der Waals surface area contributed by atoms with Crippen LogP contribution in [0.4, 0.5) is 11.4 Å². The summed E-state index contributed by atoms with van der Waals surface area (Å²) in [5.74, 6) is 0.377. The Morgan fingerprint density at radius 3 is 2.72 bits per heavy atom. The molecule has 7 heteroatoms. The Kier molecular flexibility index (Phi) is 4.07. The molecular formula is C18H17N3O4. The molecule has 0 saturated carbocycles. The number of nitro groups is 1. The largest absolute Gasteiger partial charge is 0.436 e. The predicted octanol–water partition coefficient (Wildman–Crippen LogP) is 3.99. The fourth-order valence-electron chi connectivity index (χ4n) is 3.00. The van der Waals surface area contributed by atoms with Crippen molar-refractivity contribution in [3.8, 4) is 11.5 Å². The number of benzene rings is 2. The van der Waals surface area contributed by atoms with Gasteiger partial charge in [-0.1, -0.05) is 12.1 Å². The lowest BCUT2D eigenvalue weighted by atomic mass is 10.1. The van der Waals surface area contributed by atoms with E-state index in [2.05, 4.69) is 10.3 Å². The van der Waals surface area contributed by atoms with Gasteiger partial charge in [0.1, 0.15) is 11.2 Å². The van der Waals surface area contributed by atoms with Crippen molar-refractivity contribution < 1.29 is 14.1 Å². The first-order valence-corrected chi connectivity index (χ1v) is 8.19. The maximum absolute atomic E-state index is 11.5. The van der Waals surface area contributed by atoms with E-state index in [-0.39, 0.29) is 16.7 Å². The highest BCUT2D eigenvalue weighted by molar-refractivity contribution is 5.77. The van der Waals surface area contributed by atoms with E-state index in [1.165, 1.54) is 6.07 Å². The van der Waals surface area contributed by atoms with Gasteiger partial charge in [0.15, 0.2) is 5.58 Å². The van der Waals surface area contributed by atoms with Crippen LogP contribution in [0.25, 0.3) is 22.6 Å². The molecule has 1 aliphatic heterocycles. The molecule has 1 fully saturated rings. The monoisotopic (exact) mass is 339 g/mol. The maximum atomic E-state index is 11.5. The highest BCUT2D eigenvalue weighted by Crippen LogP contribution is 2.32. The van der Waals surface area contributed by atoms with E-state index in [1.807, 2.05) is 24.3 Å². The van der Waals surface area contributed by atoms with E-state index in [0.29, 0.717) is 35.9 Å². The van der Waals surface area contributed by atoms with Crippen molar-refractivity contribution in [1.29, 1.82) is 0 Å². The maximum Gasteiger partial charge on any atom is 0.293 e. The molecule has 4 rings (SSSR count). The van der Waals surface area contributed by atoms with Crippen molar-refractivity contribution in [2.75, 3.05) is 18.5 Å². The molecule has 1 saturated heterocycles. The first kappa shape index (κ1) is 15.6. The molecule has 2 aromatic carbocycles. The number of hydrogen-bond acceptors (Lipinski definition) is 6. The molecule has 25 heavy (non-hydrogen) atoms. The zero-order chi connectivity index (χ0) is 17.2. The highest BCUT2D eigenvalue weighted by atomic mass is 16.6. The number of para-hydroxylation sites is 2. The number of nitro benzene ring substituents is 1. The fraction of sp³-hybridized carbons (Fsp3) is 0.278. The van der Waals surface area contributed by atoms with Gasteiger partial charge >= 0.3 is 0 Å². The molecule has 1 aromatic heterocycles. The summed E-state index contributed by atoms with van der Waals surface area (Å²) in [7, 11) is 0. The van der Waals surface area contributed by atoms with Gasteiger partial charge in [-0.15, -0.1) is 0 Å². The van der Waals surface area contributed by atoms with Crippen LogP contribution < -0.4 is 5.32 Å². The van der Waals surface area contributed by atoms with Crippen LogP contribution in [0.15, 0.2) is 46.9 Å². The van der Waals surface area contributed by atoms with E-state index >= 15 is 0 Å². The smallest absolute Gasteiger partial charge is 0.293 e. The van der Waals surface area contributed by atoms with Gasteiger partial charge in [0.2, 0.25) is 5.89 Å². The summed E-state index contributed by atoms with van der Waals surface area (Å²) in [5, 5.41) is 14.8. The molecule has 0 radical (unpaired) electrons. The van der Waals surface area contributed by atoms with E-state index in [4.69, 9.17) is 9.15 Å². The number of ether oxygens (including phenoxy) is 1. The molecule has 0 unspecified atom stereocenters. The van der Waals surface area contributed by atoms with Crippen LogP contribution in [0.2, 0.25) is 0 Å². The summed E-state index contributed by atoms with van der Waals surface area (Å²) in [6.07, 6.45) is 1.67. The van der Waals surface area contributed by atoms with Gasteiger partial charge in [-0.3, -0.25) is 10.1 Å². The van der Waals surface area contributed by atoms with Gasteiger partial charge in [0, 0.05) is 30.9 Å². The van der Waals surface area contributed by atoms with Gasteiger partial charge in [-0.2, -0.15) is 0 Å². The minimum Gasteiger partial charge on any atom is -0.436 e. The summed E-state index contributed by atoms with van der Waals surface area (Å²) in [6, 6.07) is 12.6. The quantitative estimate of drug-likeness (QED) is 0.571. The molecule has 7 nitrogen and oxygen atoms in total. The van der Waals surface area contributed by atoms with E-state index < -0.39 is 0 Å². The Hall–Kier alpha value is -2.93. The van der Waals surface area contributed by atoms with Crippen LogP contribution in [-0.2, 0) is 4.74 Å². The number of rotatable bonds is 4. The Morgan fingerprint density at radius 2 is 1.96 bits per heavy atom. The standard InChI is InChI=1S/C18H17N3O4/c22-21(23)16-11-12(18-20-15-3-1-2-4-17(15)25-18)5-6-14(16)19-13-7-9-24-10-8-13/h1-6,11,13,19H,7-10H2. The minimum atomic E-state index is -0.381. The second-order valence-electron chi connectivity index (χ2n) is 6.01. The molecule has 0 amide bonds. The van der Waals surface area contributed by atoms with Gasteiger partial charge in [-0.05, 0) is 37.1 Å². The number of anilines is 1. The zero-order valence-electron chi connectivity index (χ0n) is 13.5. The Morgan fingerprint density at radius 1 is 1.16 bits per heavy atom. The van der Waals surface area contributed by atoms with Gasteiger partial charge in [-0.25, -0.2) is 4.98 Å². The molecule has 0 bridgehead atoms. The lowest BCUT2D eigenvalue weighted by Gasteiger charge is -2.24. The van der Waals surface area contributed by atoms with Crippen molar-refractivity contribution in [1.82, 2.24) is 4.98 Å². The lowest BCUT2D eigenvalue weighted by Crippen LogP contribution is -2.28. The number of nitrogens with zero attached hydrogens (tertiary/aromatic N) is 2. The third kappa shape index (κ3) is 3.18. The molecule has 0 atom stereocenters. The van der Waals surface area contributed by atoms with Crippen molar-refractivity contribution in [2.45, 2.75) is 18.9 Å². The van der Waals surface area contributed by atoms with Crippen LogP contribution in [0.5, 0.6) is 0 Å². The fourth-order valence-corrected chi connectivity index (χ4v) is 3.00. The van der Waals surface area contributed by atoms with Crippen molar-refractivity contribution in [3.05, 3.63) is 52.6 Å². The van der Waals surface area contributed by atoms with Crippen LogP contribution in [0.3, 0.4) is 0 Å². The van der Waals surface area contributed by atoms with Gasteiger partial charge in [0.05, 0.1) is 4.92 Å². The van der Waals surface area contributed by atoms with E-state index in [1.54, 1.807) is 12.1 Å². The van der Waals surface area contributed by atoms with Gasteiger partial charge in [0.25, 0.3) is 5.69 Å². The number of oxazole rings is 1. The summed E-state index contributed by atoms with van der Waals surface area (Å²) < 4.78 is 11.0. The molecule has 3 aromatic rings. The van der Waals surface area contributed by atoms with Crippen LogP contribution >= 0.6 is 0 Å². The van der Waals surface area contributed by atoms with Crippen LogP contribution in [0.1, 0.15) is 12.8 Å². The van der Waals surface area contributed by atoms with Crippen molar-refractivity contribution >= 4 is 22.5 Å². The van der Waals surface area contributed by atoms with Crippen LogP contribution in [-0.4, -0.2) is 29.2 Å². The van der Waals surface area contributed by atoms with E-state index in [9.17, 15) is 10.1 Å². The summed E-state index contributed by atoms with van der Waals surface area (Å²) in [4.78, 5) is 15.5. The summed E-state index contributed by atoms with van der Waals surface area (Å²) in [5.41, 5.74) is 2.50.